The van der Waals surface area contributed by atoms with Crippen molar-refractivity contribution in [3.05, 3.63) is 24.7 Å². The van der Waals surface area contributed by atoms with Gasteiger partial charge in [0.2, 0.25) is 11.8 Å². The molecule has 0 aromatic carbocycles. The first kappa shape index (κ1) is 30.3. The number of aliphatic hydroxyl groups is 2. The van der Waals surface area contributed by atoms with Crippen LogP contribution in [0.15, 0.2) is 24.7 Å². The summed E-state index contributed by atoms with van der Waals surface area (Å²) < 4.78 is 30.4. The van der Waals surface area contributed by atoms with Crippen LogP contribution in [-0.4, -0.2) is 87.3 Å². The molecule has 3 amide bonds. The molecule has 16 heteroatoms. The van der Waals surface area contributed by atoms with E-state index in [-0.39, 0.29) is 18.0 Å². The average molecular weight is 577 g/mol. The van der Waals surface area contributed by atoms with Crippen molar-refractivity contribution in [3.8, 4) is 0 Å². The van der Waals surface area contributed by atoms with Crippen LogP contribution in [0.1, 0.15) is 34.1 Å². The molecular formula is C22H33N4O10PS. The van der Waals surface area contributed by atoms with Gasteiger partial charge in [0.1, 0.15) is 29.7 Å². The Hall–Kier alpha value is -2.26. The van der Waals surface area contributed by atoms with Crippen LogP contribution in [0, 0.1) is 5.92 Å². The Kier molecular flexibility index (Phi) is 9.45. The van der Waals surface area contributed by atoms with Crippen molar-refractivity contribution in [2.24, 2.45) is 5.92 Å². The van der Waals surface area contributed by atoms with Gasteiger partial charge in [-0.1, -0.05) is 18.0 Å². The van der Waals surface area contributed by atoms with Crippen LogP contribution >= 0.6 is 18.1 Å². The highest BCUT2D eigenvalue weighted by atomic mass is 32.7. The van der Waals surface area contributed by atoms with E-state index in [0.29, 0.717) is 0 Å². The Morgan fingerprint density at radius 1 is 1.37 bits per heavy atom. The van der Waals surface area contributed by atoms with Crippen LogP contribution in [0.5, 0.6) is 0 Å². The summed E-state index contributed by atoms with van der Waals surface area (Å²) in [5.41, 5.74) is -1.86. The number of aliphatic hydroxyl groups excluding tert-OH is 1. The molecule has 0 aromatic rings. The lowest BCUT2D eigenvalue weighted by Gasteiger charge is -2.37. The maximum atomic E-state index is 13.8. The maximum absolute atomic E-state index is 13.8. The van der Waals surface area contributed by atoms with Crippen LogP contribution < -0.4 is 15.7 Å². The standard InChI is InChI=1S/C22H33N4O10PS/c1-11(2)35-20(31)12(3)25-37(33,38-10-14-8-17(28)24-19(14)30)34-9-15-18(29)22(5,32)21(36-15)26-7-6-16(27)23-13(26)4/h6-7,11-12,14-15,18,21,29,32H,4,8-10H2,1-3,5H3,(H,23,27)(H,25,33)(H,24,28,30)/t12-,14?,15-,18-,21-,22-,37+/m1/s1. The van der Waals surface area contributed by atoms with E-state index in [1.54, 1.807) is 13.8 Å². The topological polar surface area (TPSA) is 193 Å². The first-order chi connectivity index (χ1) is 17.6. The number of nitrogens with one attached hydrogen (secondary N) is 3. The van der Waals surface area contributed by atoms with Crippen molar-refractivity contribution >= 4 is 41.8 Å². The fourth-order valence-electron chi connectivity index (χ4n) is 3.92. The lowest BCUT2D eigenvalue weighted by molar-refractivity contribution is -0.149. The third-order valence-electron chi connectivity index (χ3n) is 5.95. The van der Waals surface area contributed by atoms with Crippen LogP contribution in [0.3, 0.4) is 0 Å². The number of rotatable bonds is 11. The normalized spacial score (nSPS) is 31.8. The molecule has 0 aliphatic carbocycles. The van der Waals surface area contributed by atoms with Crippen molar-refractivity contribution in [1.29, 1.82) is 0 Å². The number of carbonyl (C=O) groups excluding carboxylic acids is 4. The Bertz CT molecular complexity index is 1070. The molecule has 0 bridgehead atoms. The summed E-state index contributed by atoms with van der Waals surface area (Å²) in [6, 6.07) is -1.06. The SMILES string of the molecule is C=C1NC(=O)C=CN1[C@@H]1O[C@H](CO[P@@](=O)(N[C@H](C)C(=O)OC(C)C)SCC2CC(=O)NC2=O)[C@@H](O)[C@@]1(C)O. The monoisotopic (exact) mass is 576 g/mol. The molecule has 212 valence electrons. The molecule has 3 heterocycles. The predicted molar refractivity (Wildman–Crippen MR) is 135 cm³/mol. The van der Waals surface area contributed by atoms with Crippen molar-refractivity contribution < 1.29 is 48.0 Å². The molecule has 0 spiro atoms. The van der Waals surface area contributed by atoms with Gasteiger partial charge in [0.25, 0.3) is 5.91 Å². The van der Waals surface area contributed by atoms with Gasteiger partial charge >= 0.3 is 12.7 Å². The number of amides is 3. The largest absolute Gasteiger partial charge is 0.462 e. The van der Waals surface area contributed by atoms with E-state index in [9.17, 15) is 34.0 Å². The van der Waals surface area contributed by atoms with Crippen LogP contribution in [0.2, 0.25) is 0 Å². The van der Waals surface area contributed by atoms with Gasteiger partial charge in [-0.3, -0.25) is 29.1 Å². The number of nitrogens with zero attached hydrogens (tertiary/aromatic N) is 1. The van der Waals surface area contributed by atoms with E-state index in [2.05, 4.69) is 22.3 Å². The number of hydrogen-bond donors (Lipinski definition) is 5. The minimum Gasteiger partial charge on any atom is -0.462 e. The summed E-state index contributed by atoms with van der Waals surface area (Å²) in [6.45, 7) is 5.33. The van der Waals surface area contributed by atoms with Crippen molar-refractivity contribution in [2.75, 3.05) is 12.4 Å². The molecule has 2 saturated heterocycles. The molecule has 2 fully saturated rings. The zero-order valence-electron chi connectivity index (χ0n) is 21.4. The number of imide groups is 1. The average Bonchev–Trinajstić information content (AvgIpc) is 3.25. The molecule has 38 heavy (non-hydrogen) atoms. The Balaban J connectivity index is 1.73. The minimum atomic E-state index is -3.96. The van der Waals surface area contributed by atoms with Gasteiger partial charge in [-0.05, 0) is 27.7 Å². The molecule has 0 radical (unpaired) electrons. The Morgan fingerprint density at radius 3 is 2.63 bits per heavy atom. The summed E-state index contributed by atoms with van der Waals surface area (Å²) in [5.74, 6) is -2.74. The smallest absolute Gasteiger partial charge is 0.327 e. The summed E-state index contributed by atoms with van der Waals surface area (Å²) in [7, 11) is 0. The Labute approximate surface area is 223 Å². The first-order valence-corrected chi connectivity index (χ1v) is 15.1. The maximum Gasteiger partial charge on any atom is 0.327 e. The van der Waals surface area contributed by atoms with Gasteiger partial charge in [-0.25, -0.2) is 5.09 Å². The van der Waals surface area contributed by atoms with E-state index in [4.69, 9.17) is 14.0 Å². The Morgan fingerprint density at radius 2 is 2.05 bits per heavy atom. The van der Waals surface area contributed by atoms with Gasteiger partial charge in [-0.15, -0.1) is 0 Å². The zero-order chi connectivity index (χ0) is 28.4. The second kappa shape index (κ2) is 11.9. The van der Waals surface area contributed by atoms with Crippen molar-refractivity contribution in [1.82, 2.24) is 20.6 Å². The second-order valence-corrected chi connectivity index (χ2v) is 13.9. The van der Waals surface area contributed by atoms with Crippen LogP contribution in [0.25, 0.3) is 0 Å². The molecular weight excluding hydrogens is 543 g/mol. The number of hydrogen-bond acceptors (Lipinski definition) is 12. The van der Waals surface area contributed by atoms with Gasteiger partial charge < -0.3 is 34.4 Å². The quantitative estimate of drug-likeness (QED) is 0.122. The fourth-order valence-corrected chi connectivity index (χ4v) is 7.95. The minimum absolute atomic E-state index is 0.0552. The van der Waals surface area contributed by atoms with E-state index < -0.39 is 79.1 Å². The van der Waals surface area contributed by atoms with Gasteiger partial charge in [-0.2, -0.15) is 0 Å². The van der Waals surface area contributed by atoms with E-state index >= 15 is 0 Å². The van der Waals surface area contributed by atoms with Crippen molar-refractivity contribution in [2.45, 2.75) is 70.3 Å². The van der Waals surface area contributed by atoms with Crippen LogP contribution in [-0.2, 0) is 37.7 Å². The van der Waals surface area contributed by atoms with Gasteiger partial charge in [0.15, 0.2) is 6.23 Å². The molecule has 7 atom stereocenters. The molecule has 5 N–H and O–H groups in total. The lowest BCUT2D eigenvalue weighted by atomic mass is 9.96. The number of esters is 1. The van der Waals surface area contributed by atoms with Crippen molar-refractivity contribution in [3.63, 3.8) is 0 Å². The summed E-state index contributed by atoms with van der Waals surface area (Å²) >= 11 is 0.724. The highest BCUT2D eigenvalue weighted by molar-refractivity contribution is 8.56. The third kappa shape index (κ3) is 7.03. The molecule has 0 saturated carbocycles. The second-order valence-electron chi connectivity index (χ2n) is 9.60. The highest BCUT2D eigenvalue weighted by Gasteiger charge is 2.55. The zero-order valence-corrected chi connectivity index (χ0v) is 23.1. The summed E-state index contributed by atoms with van der Waals surface area (Å²) in [4.78, 5) is 48.7. The first-order valence-electron chi connectivity index (χ1n) is 11.9. The molecule has 3 rings (SSSR count). The predicted octanol–water partition coefficient (Wildman–Crippen LogP) is -0.310. The van der Waals surface area contributed by atoms with Gasteiger partial charge in [0, 0.05) is 24.4 Å². The van der Waals surface area contributed by atoms with E-state index in [1.807, 2.05) is 0 Å². The fraction of sp³-hybridized carbons (Fsp3) is 0.636. The molecule has 14 nitrogen and oxygen atoms in total. The molecule has 3 aliphatic rings. The highest BCUT2D eigenvalue weighted by Crippen LogP contribution is 2.57. The summed E-state index contributed by atoms with van der Waals surface area (Å²) in [6.07, 6.45) is -1.82. The number of carbonyl (C=O) groups is 4. The summed E-state index contributed by atoms with van der Waals surface area (Å²) in [5, 5.41) is 29.0. The van der Waals surface area contributed by atoms with E-state index in [1.165, 1.54) is 31.0 Å². The number of ether oxygens (including phenoxy) is 2. The molecule has 3 aliphatic heterocycles. The van der Waals surface area contributed by atoms with Gasteiger partial charge in [0.05, 0.1) is 18.6 Å². The van der Waals surface area contributed by atoms with Crippen LogP contribution in [0.4, 0.5) is 0 Å². The molecule has 1 unspecified atom stereocenters. The third-order valence-corrected chi connectivity index (χ3v) is 10.1. The molecule has 0 aromatic heterocycles. The van der Waals surface area contributed by atoms with E-state index in [0.717, 1.165) is 11.4 Å². The lowest BCUT2D eigenvalue weighted by Crippen LogP contribution is -2.53.